The number of rotatable bonds is 3. The zero-order chi connectivity index (χ0) is 15.0. The molecule has 108 valence electrons. The van der Waals surface area contributed by atoms with Crippen LogP contribution in [0.3, 0.4) is 0 Å². The van der Waals surface area contributed by atoms with Crippen LogP contribution < -0.4 is 5.73 Å². The van der Waals surface area contributed by atoms with Crippen LogP contribution in [0.5, 0.6) is 0 Å². The molecular weight excluding hydrogens is 262 g/mol. The molecule has 4 heteroatoms. The molecule has 0 saturated carbocycles. The lowest BCUT2D eigenvalue weighted by Crippen LogP contribution is -1.98. The normalized spacial score (nSPS) is 11.0. The second-order valence-electron chi connectivity index (χ2n) is 5.17. The van der Waals surface area contributed by atoms with Gasteiger partial charge in [-0.05, 0) is 30.2 Å². The number of hydrogen-bond acceptors (Lipinski definition) is 3. The summed E-state index contributed by atoms with van der Waals surface area (Å²) in [6.07, 6.45) is 0.863. The van der Waals surface area contributed by atoms with E-state index < -0.39 is 0 Å². The van der Waals surface area contributed by atoms with Crippen molar-refractivity contribution in [1.29, 1.82) is 0 Å². The monoisotopic (exact) mass is 281 g/mol. The highest BCUT2D eigenvalue weighted by molar-refractivity contribution is 5.88. The maximum absolute atomic E-state index is 6.24. The minimum absolute atomic E-state index is 0.647. The van der Waals surface area contributed by atoms with Crippen molar-refractivity contribution in [3.05, 3.63) is 47.7 Å². The third-order valence-corrected chi connectivity index (χ3v) is 3.75. The fourth-order valence-corrected chi connectivity index (χ4v) is 2.52. The second-order valence-corrected chi connectivity index (χ2v) is 5.17. The Labute approximate surface area is 124 Å². The number of furan rings is 1. The highest BCUT2D eigenvalue weighted by atomic mass is 16.3. The van der Waals surface area contributed by atoms with Crippen LogP contribution in [0.4, 0.5) is 5.82 Å². The van der Waals surface area contributed by atoms with E-state index in [9.17, 15) is 0 Å². The predicted molar refractivity (Wildman–Crippen MR) is 84.9 cm³/mol. The molecule has 1 aromatic carbocycles. The molecule has 0 spiro atoms. The first-order chi connectivity index (χ1) is 10.1. The van der Waals surface area contributed by atoms with Gasteiger partial charge in [0.2, 0.25) is 0 Å². The Morgan fingerprint density at radius 3 is 2.62 bits per heavy atom. The lowest BCUT2D eigenvalue weighted by molar-refractivity contribution is 0.526. The molecule has 0 bridgehead atoms. The molecule has 0 aliphatic rings. The van der Waals surface area contributed by atoms with Gasteiger partial charge in [-0.25, -0.2) is 0 Å². The van der Waals surface area contributed by atoms with Crippen molar-refractivity contribution in [3.8, 4) is 22.6 Å². The highest BCUT2D eigenvalue weighted by Gasteiger charge is 2.20. The lowest BCUT2D eigenvalue weighted by Gasteiger charge is -2.06. The Bertz CT molecular complexity index is 783. The summed E-state index contributed by atoms with van der Waals surface area (Å²) in [6.45, 7) is 4.14. The van der Waals surface area contributed by atoms with Gasteiger partial charge in [0.05, 0.1) is 5.56 Å². The summed E-state index contributed by atoms with van der Waals surface area (Å²) in [6, 6.07) is 12.1. The van der Waals surface area contributed by atoms with Crippen molar-refractivity contribution in [1.82, 2.24) is 9.78 Å². The molecule has 3 rings (SSSR count). The van der Waals surface area contributed by atoms with Crippen LogP contribution in [0.15, 0.2) is 40.8 Å². The average molecular weight is 281 g/mol. The SMILES string of the molecule is CCc1ccc(-c2nn(C)c(N)c2-c2ccccc2C)o1. The van der Waals surface area contributed by atoms with Crippen molar-refractivity contribution in [3.63, 3.8) is 0 Å². The molecule has 2 heterocycles. The van der Waals surface area contributed by atoms with Gasteiger partial charge in [-0.3, -0.25) is 4.68 Å². The van der Waals surface area contributed by atoms with Gasteiger partial charge in [0, 0.05) is 13.5 Å². The Balaban J connectivity index is 2.23. The van der Waals surface area contributed by atoms with Crippen molar-refractivity contribution < 1.29 is 4.42 Å². The maximum atomic E-state index is 6.24. The molecular formula is C17H19N3O. The minimum Gasteiger partial charge on any atom is -0.459 e. The van der Waals surface area contributed by atoms with E-state index in [4.69, 9.17) is 10.2 Å². The first-order valence-electron chi connectivity index (χ1n) is 7.09. The van der Waals surface area contributed by atoms with E-state index in [0.717, 1.165) is 34.8 Å². The van der Waals surface area contributed by atoms with E-state index in [-0.39, 0.29) is 0 Å². The van der Waals surface area contributed by atoms with Crippen molar-refractivity contribution in [2.75, 3.05) is 5.73 Å². The first-order valence-corrected chi connectivity index (χ1v) is 7.09. The number of benzene rings is 1. The van der Waals surface area contributed by atoms with Crippen LogP contribution in [-0.4, -0.2) is 9.78 Å². The van der Waals surface area contributed by atoms with Gasteiger partial charge >= 0.3 is 0 Å². The molecule has 0 unspecified atom stereocenters. The highest BCUT2D eigenvalue weighted by Crippen LogP contribution is 2.37. The Morgan fingerprint density at radius 1 is 1.19 bits per heavy atom. The largest absolute Gasteiger partial charge is 0.459 e. The standard InChI is InChI=1S/C17H19N3O/c1-4-12-9-10-14(21-12)16-15(17(18)20(3)19-16)13-8-6-5-7-11(13)2/h5-10H,4,18H2,1-3H3. The molecule has 0 aliphatic heterocycles. The van der Waals surface area contributed by atoms with E-state index >= 15 is 0 Å². The predicted octanol–water partition coefficient (Wildman–Crippen LogP) is 3.80. The average Bonchev–Trinajstić information content (AvgIpc) is 3.06. The van der Waals surface area contributed by atoms with E-state index in [1.807, 2.05) is 31.3 Å². The van der Waals surface area contributed by atoms with Crippen LogP contribution in [0.1, 0.15) is 18.2 Å². The number of anilines is 1. The number of aryl methyl sites for hydroxylation is 3. The van der Waals surface area contributed by atoms with Crippen molar-refractivity contribution in [2.45, 2.75) is 20.3 Å². The quantitative estimate of drug-likeness (QED) is 0.794. The van der Waals surface area contributed by atoms with Gasteiger partial charge in [0.25, 0.3) is 0 Å². The molecule has 0 amide bonds. The number of aromatic nitrogens is 2. The molecule has 0 saturated heterocycles. The smallest absolute Gasteiger partial charge is 0.155 e. The Kier molecular flexibility index (Phi) is 3.29. The fourth-order valence-electron chi connectivity index (χ4n) is 2.52. The third kappa shape index (κ3) is 2.23. The van der Waals surface area contributed by atoms with Gasteiger partial charge in [-0.2, -0.15) is 5.10 Å². The van der Waals surface area contributed by atoms with Crippen LogP contribution in [-0.2, 0) is 13.5 Å². The van der Waals surface area contributed by atoms with Crippen LogP contribution in [0, 0.1) is 6.92 Å². The molecule has 2 N–H and O–H groups in total. The van der Waals surface area contributed by atoms with Gasteiger partial charge in [-0.15, -0.1) is 0 Å². The number of hydrogen-bond donors (Lipinski definition) is 1. The van der Waals surface area contributed by atoms with Gasteiger partial charge in [0.15, 0.2) is 5.76 Å². The summed E-state index contributed by atoms with van der Waals surface area (Å²) in [4.78, 5) is 0. The molecule has 2 aromatic heterocycles. The minimum atomic E-state index is 0.647. The van der Waals surface area contributed by atoms with Crippen LogP contribution in [0.25, 0.3) is 22.6 Å². The first kappa shape index (κ1) is 13.5. The van der Waals surface area contributed by atoms with E-state index in [1.54, 1.807) is 4.68 Å². The molecule has 21 heavy (non-hydrogen) atoms. The summed E-state index contributed by atoms with van der Waals surface area (Å²) >= 11 is 0. The maximum Gasteiger partial charge on any atom is 0.155 e. The number of nitrogen functional groups attached to an aromatic ring is 1. The summed E-state index contributed by atoms with van der Waals surface area (Å²) in [5.41, 5.74) is 10.2. The van der Waals surface area contributed by atoms with E-state index in [2.05, 4.69) is 31.1 Å². The third-order valence-electron chi connectivity index (χ3n) is 3.75. The molecule has 3 aromatic rings. The number of nitrogens with two attached hydrogens (primary N) is 1. The van der Waals surface area contributed by atoms with Gasteiger partial charge in [0.1, 0.15) is 17.3 Å². The summed E-state index contributed by atoms with van der Waals surface area (Å²) in [5, 5.41) is 4.54. The Morgan fingerprint density at radius 2 is 1.95 bits per heavy atom. The van der Waals surface area contributed by atoms with Crippen LogP contribution >= 0.6 is 0 Å². The topological polar surface area (TPSA) is 57.0 Å². The number of nitrogens with zero attached hydrogens (tertiary/aromatic N) is 2. The molecule has 0 aliphatic carbocycles. The molecule has 4 nitrogen and oxygen atoms in total. The summed E-state index contributed by atoms with van der Waals surface area (Å²) in [5.74, 6) is 2.36. The van der Waals surface area contributed by atoms with Crippen LogP contribution in [0.2, 0.25) is 0 Å². The van der Waals surface area contributed by atoms with Crippen molar-refractivity contribution >= 4 is 5.82 Å². The zero-order valence-electron chi connectivity index (χ0n) is 12.6. The molecule has 0 radical (unpaired) electrons. The van der Waals surface area contributed by atoms with Gasteiger partial charge in [-0.1, -0.05) is 31.2 Å². The Hall–Kier alpha value is -2.49. The van der Waals surface area contributed by atoms with Crippen molar-refractivity contribution in [2.24, 2.45) is 7.05 Å². The molecule has 0 atom stereocenters. The zero-order valence-corrected chi connectivity index (χ0v) is 12.6. The van der Waals surface area contributed by atoms with E-state index in [1.165, 1.54) is 5.56 Å². The van der Waals surface area contributed by atoms with E-state index in [0.29, 0.717) is 5.82 Å². The second kappa shape index (κ2) is 5.13. The summed E-state index contributed by atoms with van der Waals surface area (Å²) < 4.78 is 7.56. The van der Waals surface area contributed by atoms with Gasteiger partial charge < -0.3 is 10.2 Å². The molecule has 0 fully saturated rings. The lowest BCUT2D eigenvalue weighted by atomic mass is 9.99. The fraction of sp³-hybridized carbons (Fsp3) is 0.235. The summed E-state index contributed by atoms with van der Waals surface area (Å²) in [7, 11) is 1.85.